The van der Waals surface area contributed by atoms with Crippen molar-refractivity contribution >= 4 is 45.2 Å². The second-order valence-corrected chi connectivity index (χ2v) is 11.1. The third-order valence-electron chi connectivity index (χ3n) is 7.91. The van der Waals surface area contributed by atoms with E-state index in [0.29, 0.717) is 30.7 Å². The summed E-state index contributed by atoms with van der Waals surface area (Å²) in [6.07, 6.45) is 4.77. The number of carbonyl (C=O) groups excluding carboxylic acids is 3. The number of aromatic nitrogens is 1. The molecule has 1 saturated heterocycles. The molecule has 0 spiro atoms. The molecular weight excluding hydrogens is 538 g/mol. The van der Waals surface area contributed by atoms with Crippen LogP contribution in [-0.2, 0) is 14.4 Å². The van der Waals surface area contributed by atoms with Crippen molar-refractivity contribution in [3.63, 3.8) is 0 Å². The minimum atomic E-state index is -0.267. The largest absolute Gasteiger partial charge is 0.508 e. The molecule has 2 bridgehead atoms. The summed E-state index contributed by atoms with van der Waals surface area (Å²) >= 11 is 3.31. The molecule has 10 heteroatoms. The summed E-state index contributed by atoms with van der Waals surface area (Å²) < 4.78 is 0.819. The van der Waals surface area contributed by atoms with Crippen LogP contribution < -0.4 is 15.5 Å². The van der Waals surface area contributed by atoms with Crippen LogP contribution in [0.25, 0.3) is 0 Å². The van der Waals surface area contributed by atoms with E-state index in [-0.39, 0.29) is 48.3 Å². The lowest BCUT2D eigenvalue weighted by Crippen LogP contribution is -2.55. The smallest absolute Gasteiger partial charge is 0.228 e. The Bertz CT molecular complexity index is 1130. The lowest BCUT2D eigenvalue weighted by Gasteiger charge is -2.40. The van der Waals surface area contributed by atoms with Crippen molar-refractivity contribution in [2.24, 2.45) is 17.8 Å². The predicted molar refractivity (Wildman–Crippen MR) is 143 cm³/mol. The SMILES string of the molecule is O=C(CCC(=O)N[C@@H]1[C@@H]2CC[C@@H](C2)[C@@H]1C(=O)N1CCN(c2ccc(O)cc2)CC1)Nc1ccc(Br)cn1. The minimum Gasteiger partial charge on any atom is -0.508 e. The number of nitrogens with one attached hydrogen (secondary N) is 2. The molecule has 1 aliphatic heterocycles. The number of phenolic OH excluding ortho intramolecular Hbond substituents is 1. The first-order valence-corrected chi connectivity index (χ1v) is 13.7. The van der Waals surface area contributed by atoms with E-state index in [1.54, 1.807) is 30.5 Å². The molecule has 9 nitrogen and oxygen atoms in total. The molecule has 4 atom stereocenters. The Kier molecular flexibility index (Phi) is 7.64. The molecule has 0 unspecified atom stereocenters. The fourth-order valence-corrected chi connectivity index (χ4v) is 6.29. The average Bonchev–Trinajstić information content (AvgIpc) is 3.51. The second-order valence-electron chi connectivity index (χ2n) is 10.2. The number of piperazine rings is 1. The third-order valence-corrected chi connectivity index (χ3v) is 8.38. The van der Waals surface area contributed by atoms with Crippen molar-refractivity contribution in [2.45, 2.75) is 38.1 Å². The summed E-state index contributed by atoms with van der Waals surface area (Å²) in [6.45, 7) is 2.74. The molecule has 37 heavy (non-hydrogen) atoms. The van der Waals surface area contributed by atoms with E-state index in [4.69, 9.17) is 0 Å². The molecule has 2 aliphatic carbocycles. The van der Waals surface area contributed by atoms with Gasteiger partial charge in [-0.15, -0.1) is 0 Å². The number of benzene rings is 1. The summed E-state index contributed by atoms with van der Waals surface area (Å²) in [4.78, 5) is 46.9. The van der Waals surface area contributed by atoms with Crippen LogP contribution in [0.15, 0.2) is 47.1 Å². The number of pyridine rings is 1. The Morgan fingerprint density at radius 3 is 2.35 bits per heavy atom. The highest BCUT2D eigenvalue weighted by Gasteiger charge is 2.52. The van der Waals surface area contributed by atoms with Crippen LogP contribution in [0.5, 0.6) is 5.75 Å². The van der Waals surface area contributed by atoms with Crippen LogP contribution in [0.4, 0.5) is 11.5 Å². The van der Waals surface area contributed by atoms with Gasteiger partial charge in [-0.2, -0.15) is 0 Å². The van der Waals surface area contributed by atoms with Gasteiger partial charge in [0, 0.05) is 61.4 Å². The Hall–Kier alpha value is -3.14. The number of amides is 3. The number of hydrogen-bond acceptors (Lipinski definition) is 6. The number of anilines is 2. The highest BCUT2D eigenvalue weighted by atomic mass is 79.9. The molecule has 1 aromatic carbocycles. The lowest BCUT2D eigenvalue weighted by molar-refractivity contribution is -0.139. The van der Waals surface area contributed by atoms with E-state index in [1.807, 2.05) is 17.0 Å². The molecule has 3 amide bonds. The molecule has 3 N–H and O–H groups in total. The molecule has 2 saturated carbocycles. The van der Waals surface area contributed by atoms with Crippen molar-refractivity contribution in [3.8, 4) is 5.75 Å². The monoisotopic (exact) mass is 569 g/mol. The Balaban J connectivity index is 1.13. The van der Waals surface area contributed by atoms with Crippen molar-refractivity contribution in [1.82, 2.24) is 15.2 Å². The maximum atomic E-state index is 13.6. The Morgan fingerprint density at radius 1 is 0.946 bits per heavy atom. The minimum absolute atomic E-state index is 0.0578. The van der Waals surface area contributed by atoms with Gasteiger partial charge in [-0.1, -0.05) is 0 Å². The average molecular weight is 570 g/mol. The quantitative estimate of drug-likeness (QED) is 0.472. The first kappa shape index (κ1) is 25.5. The summed E-state index contributed by atoms with van der Waals surface area (Å²) in [7, 11) is 0. The van der Waals surface area contributed by atoms with Gasteiger partial charge < -0.3 is 25.5 Å². The summed E-state index contributed by atoms with van der Waals surface area (Å²) in [5.41, 5.74) is 1.04. The Morgan fingerprint density at radius 2 is 1.65 bits per heavy atom. The van der Waals surface area contributed by atoms with Gasteiger partial charge in [0.15, 0.2) is 0 Å². The van der Waals surface area contributed by atoms with Crippen molar-refractivity contribution < 1.29 is 19.5 Å². The van der Waals surface area contributed by atoms with Gasteiger partial charge >= 0.3 is 0 Å². The second kappa shape index (κ2) is 11.1. The maximum Gasteiger partial charge on any atom is 0.228 e. The standard InChI is InChI=1S/C27H32BrN5O4/c28-19-3-8-22(29-16-19)30-23(35)9-10-24(36)31-26-18-2-1-17(15-18)25(26)27(37)33-13-11-32(12-14-33)20-4-6-21(34)7-5-20/h3-8,16-18,25-26,34H,1-2,9-15H2,(H,31,36)(H,29,30,35)/t17-,18+,25-,26+/m0/s1. The lowest BCUT2D eigenvalue weighted by atomic mass is 9.83. The number of rotatable bonds is 7. The van der Waals surface area contributed by atoms with Crippen molar-refractivity contribution in [2.75, 3.05) is 36.4 Å². The number of phenols is 1. The summed E-state index contributed by atoms with van der Waals surface area (Å²) in [5, 5.41) is 15.4. The molecule has 2 aromatic rings. The maximum absolute atomic E-state index is 13.6. The molecule has 196 valence electrons. The van der Waals surface area contributed by atoms with Gasteiger partial charge in [0.1, 0.15) is 11.6 Å². The summed E-state index contributed by atoms with van der Waals surface area (Å²) in [5.74, 6) is 0.808. The number of aromatic hydroxyl groups is 1. The topological polar surface area (TPSA) is 115 Å². The van der Waals surface area contributed by atoms with Crippen LogP contribution in [0.1, 0.15) is 32.1 Å². The van der Waals surface area contributed by atoms with Gasteiger partial charge in [-0.25, -0.2) is 4.98 Å². The van der Waals surface area contributed by atoms with E-state index in [9.17, 15) is 19.5 Å². The zero-order valence-corrected chi connectivity index (χ0v) is 22.2. The van der Waals surface area contributed by atoms with Crippen LogP contribution in [0, 0.1) is 17.8 Å². The molecule has 1 aromatic heterocycles. The number of carbonyl (C=O) groups is 3. The summed E-state index contributed by atoms with van der Waals surface area (Å²) in [6, 6.07) is 10.5. The third kappa shape index (κ3) is 5.89. The van der Waals surface area contributed by atoms with Gasteiger partial charge in [0.25, 0.3) is 0 Å². The number of fused-ring (bicyclic) bond motifs is 2. The van der Waals surface area contributed by atoms with E-state index < -0.39 is 0 Å². The normalized spacial score (nSPS) is 24.7. The van der Waals surface area contributed by atoms with Crippen LogP contribution in [0.3, 0.4) is 0 Å². The number of hydrogen-bond donors (Lipinski definition) is 3. The predicted octanol–water partition coefficient (Wildman–Crippen LogP) is 3.15. The van der Waals surface area contributed by atoms with Gasteiger partial charge in [-0.05, 0) is 83.4 Å². The molecule has 3 aliphatic rings. The van der Waals surface area contributed by atoms with Crippen LogP contribution in [0.2, 0.25) is 0 Å². The zero-order valence-electron chi connectivity index (χ0n) is 20.6. The first-order chi connectivity index (χ1) is 17.9. The molecule has 5 rings (SSSR count). The number of halogens is 1. The van der Waals surface area contributed by atoms with Crippen molar-refractivity contribution in [3.05, 3.63) is 47.1 Å². The highest BCUT2D eigenvalue weighted by molar-refractivity contribution is 9.10. The first-order valence-electron chi connectivity index (χ1n) is 12.9. The molecule has 0 radical (unpaired) electrons. The van der Waals surface area contributed by atoms with Crippen LogP contribution >= 0.6 is 15.9 Å². The Labute approximate surface area is 224 Å². The van der Waals surface area contributed by atoms with Gasteiger partial charge in [0.2, 0.25) is 17.7 Å². The van der Waals surface area contributed by atoms with E-state index in [2.05, 4.69) is 36.4 Å². The van der Waals surface area contributed by atoms with Crippen LogP contribution in [-0.4, -0.2) is 64.9 Å². The molecule has 3 fully saturated rings. The van der Waals surface area contributed by atoms with Crippen molar-refractivity contribution in [1.29, 1.82) is 0 Å². The molecule has 2 heterocycles. The van der Waals surface area contributed by atoms with Gasteiger partial charge in [-0.3, -0.25) is 14.4 Å². The number of nitrogens with zero attached hydrogens (tertiary/aromatic N) is 3. The highest BCUT2D eigenvalue weighted by Crippen LogP contribution is 2.49. The fraction of sp³-hybridized carbons (Fsp3) is 0.481. The zero-order chi connectivity index (χ0) is 25.9. The van der Waals surface area contributed by atoms with E-state index in [0.717, 1.165) is 42.5 Å². The van der Waals surface area contributed by atoms with Gasteiger partial charge in [0.05, 0.1) is 5.92 Å². The fourth-order valence-electron chi connectivity index (χ4n) is 6.05. The van der Waals surface area contributed by atoms with E-state index >= 15 is 0 Å². The molecular formula is C27H32BrN5O4. The van der Waals surface area contributed by atoms with E-state index in [1.165, 1.54) is 0 Å².